The third kappa shape index (κ3) is 3.05. The van der Waals surface area contributed by atoms with Crippen LogP contribution in [0.3, 0.4) is 0 Å². The van der Waals surface area contributed by atoms with Gasteiger partial charge in [0.15, 0.2) is 0 Å². The maximum absolute atomic E-state index is 5.70. The average Bonchev–Trinajstić information content (AvgIpc) is 2.36. The fraction of sp³-hybridized carbons (Fsp3) is 0.286. The third-order valence-corrected chi connectivity index (χ3v) is 2.68. The summed E-state index contributed by atoms with van der Waals surface area (Å²) in [6.07, 6.45) is 1.50. The summed E-state index contributed by atoms with van der Waals surface area (Å²) < 4.78 is 0. The van der Waals surface area contributed by atoms with Gasteiger partial charge in [-0.3, -0.25) is 0 Å². The lowest BCUT2D eigenvalue weighted by Crippen LogP contribution is -2.22. The molecule has 0 saturated carbocycles. The van der Waals surface area contributed by atoms with E-state index in [1.165, 1.54) is 11.9 Å². The number of benzene rings is 1. The minimum absolute atomic E-state index is 0.452. The number of rotatable bonds is 4. The average molecular weight is 242 g/mol. The van der Waals surface area contributed by atoms with E-state index in [0.29, 0.717) is 11.9 Å². The monoisotopic (exact) mass is 242 g/mol. The van der Waals surface area contributed by atoms with Crippen LogP contribution in [0.15, 0.2) is 36.7 Å². The highest BCUT2D eigenvalue weighted by atomic mass is 14.9. The molecule has 94 valence electrons. The van der Waals surface area contributed by atoms with Crippen LogP contribution in [-0.2, 0) is 6.54 Å². The summed E-state index contributed by atoms with van der Waals surface area (Å²) in [7, 11) is 0. The van der Waals surface area contributed by atoms with Gasteiger partial charge in [0.1, 0.15) is 12.1 Å². The molecule has 2 aromatic rings. The molecule has 0 unspecified atom stereocenters. The van der Waals surface area contributed by atoms with E-state index < -0.39 is 0 Å². The lowest BCUT2D eigenvalue weighted by molar-refractivity contribution is 0.589. The van der Waals surface area contributed by atoms with Crippen molar-refractivity contribution >= 4 is 5.82 Å². The van der Waals surface area contributed by atoms with Gasteiger partial charge in [-0.1, -0.05) is 38.1 Å². The highest BCUT2D eigenvalue weighted by Gasteiger charge is 2.06. The number of nitrogen functional groups attached to an aromatic ring is 1. The summed E-state index contributed by atoms with van der Waals surface area (Å²) in [5.74, 6) is 0.492. The highest BCUT2D eigenvalue weighted by molar-refractivity contribution is 5.65. The molecule has 0 aliphatic carbocycles. The van der Waals surface area contributed by atoms with Crippen LogP contribution in [0.2, 0.25) is 0 Å². The van der Waals surface area contributed by atoms with Gasteiger partial charge in [-0.05, 0) is 5.56 Å². The standard InChI is InChI=1S/C14H18N4/c1-10(2)16-8-11-5-3-4-6-12(11)13-7-14(15)18-9-17-13/h3-7,9-10,16H,8H2,1-2H3,(H2,15,17,18). The Morgan fingerprint density at radius 3 is 2.72 bits per heavy atom. The predicted octanol–water partition coefficient (Wildman–Crippen LogP) is 2.22. The van der Waals surface area contributed by atoms with Crippen LogP contribution >= 0.6 is 0 Å². The lowest BCUT2D eigenvalue weighted by atomic mass is 10.0. The fourth-order valence-corrected chi connectivity index (χ4v) is 1.76. The Hall–Kier alpha value is -1.94. The van der Waals surface area contributed by atoms with Gasteiger partial charge in [-0.25, -0.2) is 9.97 Å². The van der Waals surface area contributed by atoms with Crippen LogP contribution in [0.25, 0.3) is 11.3 Å². The van der Waals surface area contributed by atoms with Gasteiger partial charge >= 0.3 is 0 Å². The van der Waals surface area contributed by atoms with Gasteiger partial charge in [0.05, 0.1) is 5.69 Å². The Bertz CT molecular complexity index is 523. The molecule has 4 nitrogen and oxygen atoms in total. The Labute approximate surface area is 107 Å². The molecule has 18 heavy (non-hydrogen) atoms. The van der Waals surface area contributed by atoms with Crippen molar-refractivity contribution in [2.75, 3.05) is 5.73 Å². The maximum atomic E-state index is 5.70. The van der Waals surface area contributed by atoms with Crippen LogP contribution in [0.4, 0.5) is 5.82 Å². The molecule has 0 saturated heterocycles. The highest BCUT2D eigenvalue weighted by Crippen LogP contribution is 2.22. The largest absolute Gasteiger partial charge is 0.384 e. The van der Waals surface area contributed by atoms with E-state index in [1.54, 1.807) is 6.07 Å². The van der Waals surface area contributed by atoms with Crippen LogP contribution in [-0.4, -0.2) is 16.0 Å². The van der Waals surface area contributed by atoms with E-state index in [2.05, 4.69) is 41.3 Å². The maximum Gasteiger partial charge on any atom is 0.127 e. The Morgan fingerprint density at radius 2 is 2.00 bits per heavy atom. The van der Waals surface area contributed by atoms with E-state index in [4.69, 9.17) is 5.73 Å². The second-order valence-corrected chi connectivity index (χ2v) is 4.52. The zero-order valence-electron chi connectivity index (χ0n) is 10.7. The zero-order valence-corrected chi connectivity index (χ0v) is 10.7. The summed E-state index contributed by atoms with van der Waals surface area (Å²) in [6.45, 7) is 5.08. The molecule has 0 aliphatic rings. The Morgan fingerprint density at radius 1 is 1.22 bits per heavy atom. The van der Waals surface area contributed by atoms with Crippen LogP contribution < -0.4 is 11.1 Å². The minimum Gasteiger partial charge on any atom is -0.384 e. The number of anilines is 1. The van der Waals surface area contributed by atoms with Crippen molar-refractivity contribution in [2.24, 2.45) is 0 Å². The number of aromatic nitrogens is 2. The first-order chi connectivity index (χ1) is 8.66. The summed E-state index contributed by atoms with van der Waals surface area (Å²) in [5, 5.41) is 3.41. The molecule has 3 N–H and O–H groups in total. The molecule has 0 spiro atoms. The normalized spacial score (nSPS) is 10.8. The molecular weight excluding hydrogens is 224 g/mol. The Kier molecular flexibility index (Phi) is 3.89. The SMILES string of the molecule is CC(C)NCc1ccccc1-c1cc(N)ncn1. The van der Waals surface area contributed by atoms with Crippen LogP contribution in [0.1, 0.15) is 19.4 Å². The summed E-state index contributed by atoms with van der Waals surface area (Å²) >= 11 is 0. The second-order valence-electron chi connectivity index (χ2n) is 4.52. The van der Waals surface area contributed by atoms with Crippen molar-refractivity contribution in [3.8, 4) is 11.3 Å². The van der Waals surface area contributed by atoms with E-state index in [-0.39, 0.29) is 0 Å². The van der Waals surface area contributed by atoms with Gasteiger partial charge in [0, 0.05) is 24.2 Å². The van der Waals surface area contributed by atoms with Crippen molar-refractivity contribution in [1.29, 1.82) is 0 Å². The molecule has 2 rings (SSSR count). The van der Waals surface area contributed by atoms with Gasteiger partial charge in [0.25, 0.3) is 0 Å². The van der Waals surface area contributed by atoms with E-state index in [9.17, 15) is 0 Å². The van der Waals surface area contributed by atoms with Crippen molar-refractivity contribution in [3.63, 3.8) is 0 Å². The number of hydrogen-bond acceptors (Lipinski definition) is 4. The quantitative estimate of drug-likeness (QED) is 0.863. The van der Waals surface area contributed by atoms with Gasteiger partial charge in [-0.2, -0.15) is 0 Å². The van der Waals surface area contributed by atoms with E-state index >= 15 is 0 Å². The molecule has 0 bridgehead atoms. The zero-order chi connectivity index (χ0) is 13.0. The molecule has 0 atom stereocenters. The summed E-state index contributed by atoms with van der Waals surface area (Å²) in [5.41, 5.74) is 8.88. The van der Waals surface area contributed by atoms with Gasteiger partial charge in [-0.15, -0.1) is 0 Å². The molecule has 0 aliphatic heterocycles. The predicted molar refractivity (Wildman–Crippen MR) is 73.9 cm³/mol. The molecular formula is C14H18N4. The topological polar surface area (TPSA) is 63.8 Å². The van der Waals surface area contributed by atoms with Crippen molar-refractivity contribution in [2.45, 2.75) is 26.4 Å². The lowest BCUT2D eigenvalue weighted by Gasteiger charge is -2.12. The van der Waals surface area contributed by atoms with Crippen molar-refractivity contribution < 1.29 is 0 Å². The molecule has 0 radical (unpaired) electrons. The minimum atomic E-state index is 0.452. The molecule has 1 aromatic heterocycles. The molecule has 0 amide bonds. The number of hydrogen-bond donors (Lipinski definition) is 2. The van der Waals surface area contributed by atoms with E-state index in [1.807, 2.05) is 12.1 Å². The first-order valence-electron chi connectivity index (χ1n) is 6.06. The molecule has 4 heteroatoms. The van der Waals surface area contributed by atoms with Gasteiger partial charge in [0.2, 0.25) is 0 Å². The first-order valence-corrected chi connectivity index (χ1v) is 6.06. The van der Waals surface area contributed by atoms with Crippen LogP contribution in [0, 0.1) is 0 Å². The molecule has 1 aromatic carbocycles. The summed E-state index contributed by atoms with van der Waals surface area (Å²) in [6, 6.07) is 10.4. The van der Waals surface area contributed by atoms with Crippen LogP contribution in [0.5, 0.6) is 0 Å². The molecule has 0 fully saturated rings. The number of nitrogens with two attached hydrogens (primary N) is 1. The Balaban J connectivity index is 2.32. The second kappa shape index (κ2) is 5.60. The van der Waals surface area contributed by atoms with Crippen molar-refractivity contribution in [1.82, 2.24) is 15.3 Å². The summed E-state index contributed by atoms with van der Waals surface area (Å²) in [4.78, 5) is 8.20. The first kappa shape index (κ1) is 12.5. The third-order valence-electron chi connectivity index (χ3n) is 2.68. The number of nitrogens with zero attached hydrogens (tertiary/aromatic N) is 2. The van der Waals surface area contributed by atoms with E-state index in [0.717, 1.165) is 17.8 Å². The fourth-order valence-electron chi connectivity index (χ4n) is 1.76. The van der Waals surface area contributed by atoms with Gasteiger partial charge < -0.3 is 11.1 Å². The van der Waals surface area contributed by atoms with Crippen molar-refractivity contribution in [3.05, 3.63) is 42.2 Å². The molecule has 1 heterocycles. The smallest absolute Gasteiger partial charge is 0.127 e. The number of nitrogens with one attached hydrogen (secondary N) is 1.